The number of hydrogen-bond donors (Lipinski definition) is 3. The van der Waals surface area contributed by atoms with Crippen molar-refractivity contribution in [1.82, 2.24) is 20.3 Å². The first-order valence-electron chi connectivity index (χ1n) is 10.9. The molecule has 0 radical (unpaired) electrons. The van der Waals surface area contributed by atoms with Gasteiger partial charge in [0.05, 0.1) is 25.3 Å². The number of nitrogens with two attached hydrogens (primary N) is 1. The molecular weight excluding hydrogens is 498 g/mol. The number of alkyl halides is 3. The Labute approximate surface area is 208 Å². The van der Waals surface area contributed by atoms with E-state index in [0.717, 1.165) is 24.5 Å². The van der Waals surface area contributed by atoms with Crippen LogP contribution in [-0.4, -0.2) is 51.2 Å². The van der Waals surface area contributed by atoms with Crippen LogP contribution in [0.4, 0.5) is 17.6 Å². The fraction of sp³-hybridized carbons (Fsp3) is 0.292. The standard InChI is InChI=1S/C24H23F4N5O4/c1-3-37-21-15(9-18(29)34)8-17(33-20(21)14-4-6-16(25)7-5-14)23(36,24(26,27)28)11-31-22(35)19-13(2)10-30-12-32-19/h4-8,10,12,36H,3,9,11H2,1-2H3,(H2,29,34)(H,31,35)/t23-/m0/s1. The number of ether oxygens (including phenoxy) is 1. The normalized spacial score (nSPS) is 13.1. The fourth-order valence-electron chi connectivity index (χ4n) is 3.49. The maximum Gasteiger partial charge on any atom is 0.424 e. The third-order valence-electron chi connectivity index (χ3n) is 5.33. The summed E-state index contributed by atoms with van der Waals surface area (Å²) in [6.07, 6.45) is -3.52. The predicted molar refractivity (Wildman–Crippen MR) is 123 cm³/mol. The van der Waals surface area contributed by atoms with Gasteiger partial charge in [-0.2, -0.15) is 13.2 Å². The SMILES string of the molecule is CCOc1c(CC(N)=O)cc([C@@](O)(CNC(=O)c2ncncc2C)C(F)(F)F)nc1-c1ccc(F)cc1. The van der Waals surface area contributed by atoms with E-state index in [9.17, 15) is 32.3 Å². The van der Waals surface area contributed by atoms with Crippen molar-refractivity contribution in [3.8, 4) is 17.0 Å². The highest BCUT2D eigenvalue weighted by molar-refractivity contribution is 5.93. The minimum absolute atomic E-state index is 0.0539. The summed E-state index contributed by atoms with van der Waals surface area (Å²) in [6, 6.07) is 5.48. The highest BCUT2D eigenvalue weighted by Gasteiger charge is 2.56. The Kier molecular flexibility index (Phi) is 8.06. The Hall–Kier alpha value is -4.13. The summed E-state index contributed by atoms with van der Waals surface area (Å²) in [5, 5.41) is 13.0. The van der Waals surface area contributed by atoms with Crippen molar-refractivity contribution in [2.45, 2.75) is 32.0 Å². The van der Waals surface area contributed by atoms with E-state index in [2.05, 4.69) is 15.0 Å². The van der Waals surface area contributed by atoms with Gasteiger partial charge in [0.25, 0.3) is 5.91 Å². The van der Waals surface area contributed by atoms with E-state index in [-0.39, 0.29) is 34.9 Å². The topological polar surface area (TPSA) is 140 Å². The maximum absolute atomic E-state index is 14.3. The number of hydrogen-bond acceptors (Lipinski definition) is 7. The zero-order valence-corrected chi connectivity index (χ0v) is 19.8. The second-order valence-electron chi connectivity index (χ2n) is 8.02. The van der Waals surface area contributed by atoms with Crippen LogP contribution in [0.3, 0.4) is 0 Å². The van der Waals surface area contributed by atoms with E-state index in [4.69, 9.17) is 10.5 Å². The number of amides is 2. The quantitative estimate of drug-likeness (QED) is 0.368. The summed E-state index contributed by atoms with van der Waals surface area (Å²) < 4.78 is 62.0. The monoisotopic (exact) mass is 521 g/mol. The molecule has 9 nitrogen and oxygen atoms in total. The van der Waals surface area contributed by atoms with Crippen LogP contribution in [0.5, 0.6) is 5.75 Å². The largest absolute Gasteiger partial charge is 0.491 e. The number of aliphatic hydroxyl groups is 1. The Morgan fingerprint density at radius 3 is 2.43 bits per heavy atom. The first-order valence-corrected chi connectivity index (χ1v) is 10.9. The molecule has 2 amide bonds. The number of aromatic nitrogens is 3. The molecule has 37 heavy (non-hydrogen) atoms. The van der Waals surface area contributed by atoms with Gasteiger partial charge in [0.15, 0.2) is 0 Å². The van der Waals surface area contributed by atoms with Gasteiger partial charge in [-0.05, 0) is 49.7 Å². The second kappa shape index (κ2) is 10.9. The summed E-state index contributed by atoms with van der Waals surface area (Å²) in [5.41, 5.74) is 0.681. The van der Waals surface area contributed by atoms with Crippen molar-refractivity contribution in [1.29, 1.82) is 0 Å². The first-order chi connectivity index (χ1) is 17.4. The van der Waals surface area contributed by atoms with Crippen LogP contribution < -0.4 is 15.8 Å². The zero-order valence-electron chi connectivity index (χ0n) is 19.8. The third-order valence-corrected chi connectivity index (χ3v) is 5.33. The number of halogens is 4. The minimum Gasteiger partial charge on any atom is -0.491 e. The molecule has 2 heterocycles. The maximum atomic E-state index is 14.3. The molecule has 3 rings (SSSR count). The van der Waals surface area contributed by atoms with Crippen molar-refractivity contribution >= 4 is 11.8 Å². The lowest BCUT2D eigenvalue weighted by atomic mass is 9.93. The van der Waals surface area contributed by atoms with Crippen LogP contribution in [-0.2, 0) is 16.8 Å². The van der Waals surface area contributed by atoms with Gasteiger partial charge in [-0.15, -0.1) is 0 Å². The van der Waals surface area contributed by atoms with Crippen LogP contribution in [0.2, 0.25) is 0 Å². The predicted octanol–water partition coefficient (Wildman–Crippen LogP) is 2.59. The summed E-state index contributed by atoms with van der Waals surface area (Å²) in [5.74, 6) is -2.53. The molecule has 13 heteroatoms. The molecule has 2 aromatic heterocycles. The van der Waals surface area contributed by atoms with E-state index in [1.54, 1.807) is 6.92 Å². The molecule has 196 valence electrons. The lowest BCUT2D eigenvalue weighted by molar-refractivity contribution is -0.265. The minimum atomic E-state index is -5.33. The molecular formula is C24H23F4N5O4. The Balaban J connectivity index is 2.17. The average molecular weight is 521 g/mol. The molecule has 0 unspecified atom stereocenters. The number of nitrogens with one attached hydrogen (secondary N) is 1. The van der Waals surface area contributed by atoms with Crippen molar-refractivity contribution in [3.63, 3.8) is 0 Å². The van der Waals surface area contributed by atoms with Crippen LogP contribution >= 0.6 is 0 Å². The Morgan fingerprint density at radius 2 is 1.86 bits per heavy atom. The van der Waals surface area contributed by atoms with Crippen LogP contribution in [0.15, 0.2) is 42.9 Å². The lowest BCUT2D eigenvalue weighted by Gasteiger charge is -2.31. The molecule has 3 aromatic rings. The van der Waals surface area contributed by atoms with Crippen molar-refractivity contribution in [3.05, 3.63) is 71.2 Å². The summed E-state index contributed by atoms with van der Waals surface area (Å²) in [7, 11) is 0. The van der Waals surface area contributed by atoms with Crippen molar-refractivity contribution < 1.29 is 37.0 Å². The van der Waals surface area contributed by atoms with E-state index in [1.165, 1.54) is 25.3 Å². The fourth-order valence-corrected chi connectivity index (χ4v) is 3.49. The molecule has 0 aliphatic carbocycles. The molecule has 0 aliphatic heterocycles. The Bertz CT molecular complexity index is 1300. The van der Waals surface area contributed by atoms with Gasteiger partial charge in [0.2, 0.25) is 11.5 Å². The molecule has 0 fully saturated rings. The number of benzene rings is 1. The number of carbonyl (C=O) groups excluding carboxylic acids is 2. The lowest BCUT2D eigenvalue weighted by Crippen LogP contribution is -2.51. The van der Waals surface area contributed by atoms with E-state index in [1.807, 2.05) is 5.32 Å². The van der Waals surface area contributed by atoms with Crippen molar-refractivity contribution in [2.24, 2.45) is 5.73 Å². The van der Waals surface area contributed by atoms with E-state index in [0.29, 0.717) is 5.56 Å². The first kappa shape index (κ1) is 27.5. The smallest absolute Gasteiger partial charge is 0.424 e. The summed E-state index contributed by atoms with van der Waals surface area (Å²) in [4.78, 5) is 35.7. The highest BCUT2D eigenvalue weighted by atomic mass is 19.4. The molecule has 1 aromatic carbocycles. The van der Waals surface area contributed by atoms with Gasteiger partial charge >= 0.3 is 6.18 Å². The number of pyridine rings is 1. The molecule has 0 saturated carbocycles. The van der Waals surface area contributed by atoms with Gasteiger partial charge in [-0.3, -0.25) is 9.59 Å². The van der Waals surface area contributed by atoms with Gasteiger partial charge in [-0.25, -0.2) is 19.3 Å². The van der Waals surface area contributed by atoms with Crippen LogP contribution in [0.25, 0.3) is 11.3 Å². The number of primary amides is 1. The summed E-state index contributed by atoms with van der Waals surface area (Å²) >= 11 is 0. The van der Waals surface area contributed by atoms with Crippen LogP contribution in [0.1, 0.15) is 34.2 Å². The average Bonchev–Trinajstić information content (AvgIpc) is 2.83. The second-order valence-corrected chi connectivity index (χ2v) is 8.02. The molecule has 0 aliphatic rings. The molecule has 1 atom stereocenters. The number of carbonyl (C=O) groups is 2. The molecule has 0 bridgehead atoms. The van der Waals surface area contributed by atoms with Crippen LogP contribution in [0, 0.1) is 12.7 Å². The number of rotatable bonds is 9. The number of nitrogens with zero attached hydrogens (tertiary/aromatic N) is 3. The summed E-state index contributed by atoms with van der Waals surface area (Å²) in [6.45, 7) is 1.81. The van der Waals surface area contributed by atoms with Gasteiger partial charge in [-0.1, -0.05) is 0 Å². The molecule has 0 saturated heterocycles. The van der Waals surface area contributed by atoms with Gasteiger partial charge < -0.3 is 20.9 Å². The third kappa shape index (κ3) is 6.00. The Morgan fingerprint density at radius 1 is 1.19 bits per heavy atom. The van der Waals surface area contributed by atoms with Crippen molar-refractivity contribution in [2.75, 3.05) is 13.2 Å². The van der Waals surface area contributed by atoms with Gasteiger partial charge in [0.1, 0.15) is 29.3 Å². The van der Waals surface area contributed by atoms with E-state index < -0.39 is 48.1 Å². The molecule has 4 N–H and O–H groups in total. The molecule has 0 spiro atoms. The van der Waals surface area contributed by atoms with E-state index >= 15 is 0 Å². The number of aryl methyl sites for hydroxylation is 1. The highest BCUT2D eigenvalue weighted by Crippen LogP contribution is 2.42. The van der Waals surface area contributed by atoms with Gasteiger partial charge in [0, 0.05) is 17.3 Å². The zero-order chi connectivity index (χ0) is 27.4.